The van der Waals surface area contributed by atoms with E-state index in [9.17, 15) is 0 Å². The van der Waals surface area contributed by atoms with Gasteiger partial charge in [-0.2, -0.15) is 0 Å². The molecule has 16 heavy (non-hydrogen) atoms. The predicted octanol–water partition coefficient (Wildman–Crippen LogP) is 3.91. The molecule has 1 saturated carbocycles. The summed E-state index contributed by atoms with van der Waals surface area (Å²) in [6.45, 7) is 4.64. The maximum Gasteiger partial charge on any atom is 0.0577 e. The first-order valence-electron chi connectivity index (χ1n) is 5.78. The van der Waals surface area contributed by atoms with Gasteiger partial charge in [0, 0.05) is 11.1 Å². The number of benzene rings is 1. The zero-order valence-corrected chi connectivity index (χ0v) is 10.6. The second-order valence-electron chi connectivity index (χ2n) is 5.48. The van der Waals surface area contributed by atoms with Gasteiger partial charge in [0.1, 0.15) is 0 Å². The van der Waals surface area contributed by atoms with Crippen LogP contribution < -0.4 is 11.1 Å². The molecule has 2 nitrogen and oxygen atoms in total. The van der Waals surface area contributed by atoms with Crippen LogP contribution in [0.5, 0.6) is 0 Å². The molecule has 2 rings (SSSR count). The summed E-state index contributed by atoms with van der Waals surface area (Å²) in [4.78, 5) is 0. The van der Waals surface area contributed by atoms with Crippen LogP contribution in [0.25, 0.3) is 0 Å². The molecule has 0 heterocycles. The molecular weight excluding hydrogens is 220 g/mol. The van der Waals surface area contributed by atoms with E-state index in [1.54, 1.807) is 6.07 Å². The summed E-state index contributed by atoms with van der Waals surface area (Å²) in [5.41, 5.74) is 8.12. The van der Waals surface area contributed by atoms with Gasteiger partial charge in [0.2, 0.25) is 0 Å². The molecule has 3 N–H and O–H groups in total. The molecule has 0 aliphatic heterocycles. The SMILES string of the molecule is CC1(C)CCC(Nc2ccc(Cl)cc2N)C1. The molecule has 1 aliphatic rings. The molecule has 1 fully saturated rings. The summed E-state index contributed by atoms with van der Waals surface area (Å²) < 4.78 is 0. The van der Waals surface area contributed by atoms with Crippen LogP contribution in [-0.4, -0.2) is 6.04 Å². The van der Waals surface area contributed by atoms with E-state index in [1.807, 2.05) is 12.1 Å². The summed E-state index contributed by atoms with van der Waals surface area (Å²) in [5, 5.41) is 4.20. The van der Waals surface area contributed by atoms with E-state index < -0.39 is 0 Å². The van der Waals surface area contributed by atoms with E-state index in [1.165, 1.54) is 19.3 Å². The number of nitrogen functional groups attached to an aromatic ring is 1. The molecule has 0 radical (unpaired) electrons. The Morgan fingerprint density at radius 1 is 1.44 bits per heavy atom. The molecule has 0 bridgehead atoms. The van der Waals surface area contributed by atoms with Crippen LogP contribution in [0.3, 0.4) is 0 Å². The zero-order valence-electron chi connectivity index (χ0n) is 9.89. The smallest absolute Gasteiger partial charge is 0.0577 e. The third-order valence-electron chi connectivity index (χ3n) is 3.34. The molecule has 1 aliphatic carbocycles. The highest BCUT2D eigenvalue weighted by Gasteiger charge is 2.30. The highest BCUT2D eigenvalue weighted by atomic mass is 35.5. The fourth-order valence-corrected chi connectivity index (χ4v) is 2.62. The Kier molecular flexibility index (Phi) is 3.02. The first kappa shape index (κ1) is 11.6. The molecule has 0 aromatic heterocycles. The van der Waals surface area contributed by atoms with Crippen LogP contribution in [0, 0.1) is 5.41 Å². The topological polar surface area (TPSA) is 38.0 Å². The predicted molar refractivity (Wildman–Crippen MR) is 70.9 cm³/mol. The number of rotatable bonds is 2. The van der Waals surface area contributed by atoms with Crippen molar-refractivity contribution in [2.24, 2.45) is 5.41 Å². The van der Waals surface area contributed by atoms with Gasteiger partial charge in [-0.15, -0.1) is 0 Å². The lowest BCUT2D eigenvalue weighted by atomic mass is 9.92. The number of anilines is 2. The standard InChI is InChI=1S/C13H19ClN2/c1-13(2)6-5-10(8-13)16-12-4-3-9(14)7-11(12)15/h3-4,7,10,16H,5-6,8,15H2,1-2H3. The summed E-state index contributed by atoms with van der Waals surface area (Å²) in [6.07, 6.45) is 3.70. The monoisotopic (exact) mass is 238 g/mol. The minimum Gasteiger partial charge on any atom is -0.397 e. The molecule has 88 valence electrons. The lowest BCUT2D eigenvalue weighted by Gasteiger charge is -2.19. The Morgan fingerprint density at radius 3 is 2.75 bits per heavy atom. The molecular formula is C13H19ClN2. The number of nitrogens with two attached hydrogens (primary N) is 1. The van der Waals surface area contributed by atoms with Crippen molar-refractivity contribution in [1.82, 2.24) is 0 Å². The third kappa shape index (κ3) is 2.62. The lowest BCUT2D eigenvalue weighted by Crippen LogP contribution is -2.18. The molecule has 0 amide bonds. The van der Waals surface area contributed by atoms with Gasteiger partial charge in [0.05, 0.1) is 11.4 Å². The average Bonchev–Trinajstić information content (AvgIpc) is 2.51. The minimum absolute atomic E-state index is 0.457. The van der Waals surface area contributed by atoms with Gasteiger partial charge in [-0.25, -0.2) is 0 Å². The van der Waals surface area contributed by atoms with E-state index in [4.69, 9.17) is 17.3 Å². The van der Waals surface area contributed by atoms with Crippen LogP contribution in [0.15, 0.2) is 18.2 Å². The Bertz CT molecular complexity index is 388. The second kappa shape index (κ2) is 4.17. The van der Waals surface area contributed by atoms with Gasteiger partial charge in [0.25, 0.3) is 0 Å². The van der Waals surface area contributed by atoms with Crippen LogP contribution in [0.2, 0.25) is 5.02 Å². The van der Waals surface area contributed by atoms with Crippen LogP contribution >= 0.6 is 11.6 Å². The molecule has 1 unspecified atom stereocenters. The minimum atomic E-state index is 0.457. The fraction of sp³-hybridized carbons (Fsp3) is 0.538. The van der Waals surface area contributed by atoms with Gasteiger partial charge in [-0.3, -0.25) is 0 Å². The maximum absolute atomic E-state index is 5.92. The Hall–Kier alpha value is -0.890. The molecule has 0 spiro atoms. The van der Waals surface area contributed by atoms with Crippen molar-refractivity contribution < 1.29 is 0 Å². The van der Waals surface area contributed by atoms with Crippen molar-refractivity contribution in [1.29, 1.82) is 0 Å². The first-order chi connectivity index (χ1) is 7.46. The Labute approximate surface area is 102 Å². The van der Waals surface area contributed by atoms with Gasteiger partial charge in [0.15, 0.2) is 0 Å². The number of nitrogens with one attached hydrogen (secondary N) is 1. The quantitative estimate of drug-likeness (QED) is 0.767. The van der Waals surface area contributed by atoms with Crippen LogP contribution in [-0.2, 0) is 0 Å². The van der Waals surface area contributed by atoms with E-state index >= 15 is 0 Å². The molecule has 1 aromatic rings. The van der Waals surface area contributed by atoms with Crippen molar-refractivity contribution in [3.05, 3.63) is 23.2 Å². The molecule has 3 heteroatoms. The van der Waals surface area contributed by atoms with Crippen LogP contribution in [0.1, 0.15) is 33.1 Å². The van der Waals surface area contributed by atoms with E-state index in [-0.39, 0.29) is 0 Å². The second-order valence-corrected chi connectivity index (χ2v) is 5.92. The third-order valence-corrected chi connectivity index (χ3v) is 3.58. The number of halogens is 1. The lowest BCUT2D eigenvalue weighted by molar-refractivity contribution is 0.378. The number of hydrogen-bond donors (Lipinski definition) is 2. The van der Waals surface area contributed by atoms with Crippen molar-refractivity contribution in [3.63, 3.8) is 0 Å². The highest BCUT2D eigenvalue weighted by molar-refractivity contribution is 6.31. The van der Waals surface area contributed by atoms with Gasteiger partial charge >= 0.3 is 0 Å². The van der Waals surface area contributed by atoms with Gasteiger partial charge in [-0.05, 0) is 42.9 Å². The van der Waals surface area contributed by atoms with Crippen molar-refractivity contribution in [2.45, 2.75) is 39.2 Å². The summed E-state index contributed by atoms with van der Waals surface area (Å²) >= 11 is 5.87. The van der Waals surface area contributed by atoms with Crippen molar-refractivity contribution >= 4 is 23.0 Å². The number of hydrogen-bond acceptors (Lipinski definition) is 2. The molecule has 0 saturated heterocycles. The fourth-order valence-electron chi connectivity index (χ4n) is 2.44. The first-order valence-corrected chi connectivity index (χ1v) is 6.16. The van der Waals surface area contributed by atoms with Crippen molar-refractivity contribution in [3.8, 4) is 0 Å². The largest absolute Gasteiger partial charge is 0.397 e. The van der Waals surface area contributed by atoms with E-state index in [0.717, 1.165) is 11.4 Å². The maximum atomic E-state index is 5.92. The van der Waals surface area contributed by atoms with Gasteiger partial charge < -0.3 is 11.1 Å². The summed E-state index contributed by atoms with van der Waals surface area (Å²) in [7, 11) is 0. The van der Waals surface area contributed by atoms with Crippen LogP contribution in [0.4, 0.5) is 11.4 Å². The van der Waals surface area contributed by atoms with E-state index in [2.05, 4.69) is 19.2 Å². The molecule has 1 aromatic carbocycles. The van der Waals surface area contributed by atoms with E-state index in [0.29, 0.717) is 16.5 Å². The summed E-state index contributed by atoms with van der Waals surface area (Å²) in [5.74, 6) is 0. The highest BCUT2D eigenvalue weighted by Crippen LogP contribution is 2.39. The van der Waals surface area contributed by atoms with Gasteiger partial charge in [-0.1, -0.05) is 25.4 Å². The zero-order chi connectivity index (χ0) is 11.8. The average molecular weight is 239 g/mol. The summed E-state index contributed by atoms with van der Waals surface area (Å²) in [6, 6.07) is 6.17. The Morgan fingerprint density at radius 2 is 2.19 bits per heavy atom. The normalized spacial score (nSPS) is 23.3. The molecule has 1 atom stereocenters. The van der Waals surface area contributed by atoms with Crippen molar-refractivity contribution in [2.75, 3.05) is 11.1 Å². The Balaban J connectivity index is 2.05.